The lowest BCUT2D eigenvalue weighted by Gasteiger charge is -2.07. The fraction of sp³-hybridized carbons (Fsp3) is 0.292. The van der Waals surface area contributed by atoms with E-state index >= 15 is 0 Å². The van der Waals surface area contributed by atoms with Crippen LogP contribution in [0.3, 0.4) is 0 Å². The van der Waals surface area contributed by atoms with Crippen LogP contribution in [-0.2, 0) is 20.8 Å². The largest absolute Gasteiger partial charge is 0.493 e. The minimum absolute atomic E-state index is 0.302. The number of esters is 1. The third-order valence-corrected chi connectivity index (χ3v) is 5.79. The highest BCUT2D eigenvalue weighted by molar-refractivity contribution is 7.16. The summed E-state index contributed by atoms with van der Waals surface area (Å²) in [6, 6.07) is 10.7. The van der Waals surface area contributed by atoms with Crippen molar-refractivity contribution in [3.63, 3.8) is 0 Å². The number of benzene rings is 2. The zero-order valence-corrected chi connectivity index (χ0v) is 19.8. The molecule has 8 nitrogen and oxygen atoms in total. The summed E-state index contributed by atoms with van der Waals surface area (Å²) in [4.78, 5) is 29.5. The number of nitrogens with zero attached hydrogens (tertiary/aromatic N) is 2. The van der Waals surface area contributed by atoms with Crippen LogP contribution in [0.2, 0.25) is 0 Å². The summed E-state index contributed by atoms with van der Waals surface area (Å²) in [6.07, 6.45) is 3.07. The topological polar surface area (TPSA) is 88.4 Å². The summed E-state index contributed by atoms with van der Waals surface area (Å²) in [6.45, 7) is 3.03. The summed E-state index contributed by atoms with van der Waals surface area (Å²) in [5, 5.41) is 0. The highest BCUT2D eigenvalue weighted by Gasteiger charge is 2.12. The van der Waals surface area contributed by atoms with Crippen molar-refractivity contribution in [2.24, 2.45) is 4.99 Å². The van der Waals surface area contributed by atoms with Crippen LogP contribution in [0.15, 0.2) is 47.5 Å². The smallest absolute Gasteiger partial charge is 0.338 e. The highest BCUT2D eigenvalue weighted by Crippen LogP contribution is 2.28. The van der Waals surface area contributed by atoms with Crippen molar-refractivity contribution in [1.82, 2.24) is 4.57 Å². The van der Waals surface area contributed by atoms with Crippen LogP contribution in [0, 0.1) is 0 Å². The van der Waals surface area contributed by atoms with E-state index in [1.54, 1.807) is 58.6 Å². The van der Waals surface area contributed by atoms with Crippen LogP contribution in [0.1, 0.15) is 22.8 Å². The van der Waals surface area contributed by atoms with E-state index < -0.39 is 5.91 Å². The molecule has 9 heteroatoms. The number of fused-ring (bicyclic) bond motifs is 1. The molecular weight excluding hydrogens is 444 g/mol. The average Bonchev–Trinajstić information content (AvgIpc) is 3.17. The summed E-state index contributed by atoms with van der Waals surface area (Å²) in [5.41, 5.74) is 2.09. The quantitative estimate of drug-likeness (QED) is 0.350. The van der Waals surface area contributed by atoms with E-state index in [9.17, 15) is 9.59 Å². The molecule has 0 spiro atoms. The van der Waals surface area contributed by atoms with Gasteiger partial charge in [-0.2, -0.15) is 4.99 Å². The fourth-order valence-electron chi connectivity index (χ4n) is 3.15. The fourth-order valence-corrected chi connectivity index (χ4v) is 4.25. The first-order valence-corrected chi connectivity index (χ1v) is 11.1. The third-order valence-electron chi connectivity index (χ3n) is 4.74. The molecule has 33 heavy (non-hydrogen) atoms. The summed E-state index contributed by atoms with van der Waals surface area (Å²) in [5.74, 6) is 0.387. The van der Waals surface area contributed by atoms with Crippen LogP contribution < -0.4 is 14.3 Å². The number of carbonyl (C=O) groups excluding carboxylic acids is 2. The maximum absolute atomic E-state index is 12.6. The van der Waals surface area contributed by atoms with Crippen molar-refractivity contribution in [2.75, 3.05) is 34.5 Å². The van der Waals surface area contributed by atoms with Crippen molar-refractivity contribution in [2.45, 2.75) is 13.5 Å². The number of rotatable bonds is 9. The second-order valence-electron chi connectivity index (χ2n) is 6.83. The molecule has 0 fully saturated rings. The maximum Gasteiger partial charge on any atom is 0.338 e. The Bertz CT molecular complexity index is 1240. The van der Waals surface area contributed by atoms with Crippen molar-refractivity contribution in [1.29, 1.82) is 0 Å². The molecule has 0 saturated heterocycles. The van der Waals surface area contributed by atoms with Gasteiger partial charge in [-0.25, -0.2) is 4.79 Å². The monoisotopic (exact) mass is 470 g/mol. The van der Waals surface area contributed by atoms with Gasteiger partial charge in [-0.3, -0.25) is 4.79 Å². The molecule has 3 aromatic rings. The van der Waals surface area contributed by atoms with Crippen molar-refractivity contribution < 1.29 is 28.5 Å². The first kappa shape index (κ1) is 24.2. The first-order valence-electron chi connectivity index (χ1n) is 10.3. The van der Waals surface area contributed by atoms with Gasteiger partial charge in [0, 0.05) is 19.7 Å². The number of ether oxygens (including phenoxy) is 4. The lowest BCUT2D eigenvalue weighted by atomic mass is 10.2. The molecular formula is C24H26N2O6S. The van der Waals surface area contributed by atoms with Gasteiger partial charge in [-0.05, 0) is 48.9 Å². The zero-order chi connectivity index (χ0) is 23.8. The van der Waals surface area contributed by atoms with E-state index in [0.717, 1.165) is 15.8 Å². The van der Waals surface area contributed by atoms with E-state index in [2.05, 4.69) is 4.99 Å². The van der Waals surface area contributed by atoms with E-state index in [1.807, 2.05) is 16.7 Å². The van der Waals surface area contributed by atoms with Crippen molar-refractivity contribution >= 4 is 39.5 Å². The molecule has 1 heterocycles. The molecule has 0 bridgehead atoms. The molecule has 0 N–H and O–H groups in total. The van der Waals surface area contributed by atoms with E-state index in [4.69, 9.17) is 18.9 Å². The molecule has 1 aromatic heterocycles. The van der Waals surface area contributed by atoms with Crippen LogP contribution >= 0.6 is 11.3 Å². The Kier molecular flexibility index (Phi) is 8.39. The van der Waals surface area contributed by atoms with Gasteiger partial charge in [0.1, 0.15) is 0 Å². The van der Waals surface area contributed by atoms with Crippen LogP contribution in [0.4, 0.5) is 0 Å². The normalized spacial score (nSPS) is 11.8. The number of hydrogen-bond acceptors (Lipinski definition) is 7. The molecule has 3 rings (SSSR count). The first-order chi connectivity index (χ1) is 16.0. The molecule has 0 radical (unpaired) electrons. The number of hydrogen-bond donors (Lipinski definition) is 0. The summed E-state index contributed by atoms with van der Waals surface area (Å²) >= 11 is 1.33. The number of thiazole rings is 1. The van der Waals surface area contributed by atoms with Crippen molar-refractivity contribution in [3.8, 4) is 11.5 Å². The molecule has 174 valence electrons. The highest BCUT2D eigenvalue weighted by atomic mass is 32.1. The lowest BCUT2D eigenvalue weighted by Crippen LogP contribution is -2.19. The molecule has 0 unspecified atom stereocenters. The minimum Gasteiger partial charge on any atom is -0.493 e. The number of aromatic nitrogens is 1. The van der Waals surface area contributed by atoms with Gasteiger partial charge >= 0.3 is 5.97 Å². The standard InChI is InChI=1S/C24H26N2O6S/c1-5-32-23(28)17-8-9-18-21(15-17)33-24(26(18)12-13-29-2)25-22(27)11-7-16-6-10-19(30-3)20(14-16)31-4/h6-11,14-15H,5,12-13H2,1-4H3. The minimum atomic E-state index is -0.409. The maximum atomic E-state index is 12.6. The second kappa shape index (κ2) is 11.4. The van der Waals surface area contributed by atoms with E-state index in [1.165, 1.54) is 17.4 Å². The Hall–Kier alpha value is -3.43. The van der Waals surface area contributed by atoms with Crippen LogP contribution in [0.5, 0.6) is 11.5 Å². The van der Waals surface area contributed by atoms with Gasteiger partial charge in [0.05, 0.1) is 43.2 Å². The Morgan fingerprint density at radius 2 is 1.85 bits per heavy atom. The lowest BCUT2D eigenvalue weighted by molar-refractivity contribution is -0.113. The molecule has 1 amide bonds. The van der Waals surface area contributed by atoms with E-state index in [-0.39, 0.29) is 5.97 Å². The molecule has 0 aliphatic rings. The Labute approximate surface area is 195 Å². The van der Waals surface area contributed by atoms with Gasteiger partial charge in [0.25, 0.3) is 5.91 Å². The number of amides is 1. The predicted molar refractivity (Wildman–Crippen MR) is 127 cm³/mol. The Morgan fingerprint density at radius 1 is 1.06 bits per heavy atom. The molecule has 0 atom stereocenters. The van der Waals surface area contributed by atoms with Gasteiger partial charge in [0.15, 0.2) is 16.3 Å². The van der Waals surface area contributed by atoms with E-state index in [0.29, 0.717) is 41.6 Å². The molecule has 2 aromatic carbocycles. The molecule has 0 saturated carbocycles. The van der Waals surface area contributed by atoms with Gasteiger partial charge in [0.2, 0.25) is 0 Å². The predicted octanol–water partition coefficient (Wildman–Crippen LogP) is 3.68. The zero-order valence-electron chi connectivity index (χ0n) is 19.0. The second-order valence-corrected chi connectivity index (χ2v) is 7.84. The molecule has 0 aliphatic heterocycles. The van der Waals surface area contributed by atoms with Crippen molar-refractivity contribution in [3.05, 3.63) is 58.4 Å². The summed E-state index contributed by atoms with van der Waals surface area (Å²) in [7, 11) is 4.73. The van der Waals surface area contributed by atoms with Gasteiger partial charge < -0.3 is 23.5 Å². The van der Waals surface area contributed by atoms with Crippen LogP contribution in [0.25, 0.3) is 16.3 Å². The molecule has 0 aliphatic carbocycles. The SMILES string of the molecule is CCOC(=O)c1ccc2c(c1)sc(=NC(=O)C=Cc1ccc(OC)c(OC)c1)n2CCOC. The third kappa shape index (κ3) is 5.88. The number of methoxy groups -OCH3 is 3. The van der Waals surface area contributed by atoms with Gasteiger partial charge in [-0.1, -0.05) is 17.4 Å². The number of carbonyl (C=O) groups is 2. The average molecular weight is 471 g/mol. The Morgan fingerprint density at radius 3 is 2.55 bits per heavy atom. The van der Waals surface area contributed by atoms with Crippen LogP contribution in [-0.4, -0.2) is 51.0 Å². The summed E-state index contributed by atoms with van der Waals surface area (Å²) < 4.78 is 23.5. The van der Waals surface area contributed by atoms with Gasteiger partial charge in [-0.15, -0.1) is 0 Å². The Balaban J connectivity index is 1.94.